The van der Waals surface area contributed by atoms with Crippen LogP contribution in [0.1, 0.15) is 88.8 Å². The fourth-order valence-electron chi connectivity index (χ4n) is 6.97. The molecule has 51 heavy (non-hydrogen) atoms. The Morgan fingerprint density at radius 3 is 1.33 bits per heavy atom. The lowest BCUT2D eigenvalue weighted by Crippen LogP contribution is -2.42. The van der Waals surface area contributed by atoms with Crippen molar-refractivity contribution >= 4 is 11.6 Å². The van der Waals surface area contributed by atoms with Crippen LogP contribution in [0, 0.1) is 18.6 Å². The van der Waals surface area contributed by atoms with Gasteiger partial charge in [-0.3, -0.25) is 9.59 Å². The molecule has 0 unspecified atom stereocenters. The third-order valence-electron chi connectivity index (χ3n) is 10.4. The monoisotopic (exact) mass is 696 g/mol. The molecule has 8 heteroatoms. The number of piperidine rings is 2. The maximum absolute atomic E-state index is 12.9. The van der Waals surface area contributed by atoms with Gasteiger partial charge < -0.3 is 20.0 Å². The van der Waals surface area contributed by atoms with E-state index >= 15 is 0 Å². The van der Waals surface area contributed by atoms with Gasteiger partial charge in [0.1, 0.15) is 11.6 Å². The van der Waals surface area contributed by atoms with E-state index in [0.717, 1.165) is 63.2 Å². The van der Waals surface area contributed by atoms with Crippen molar-refractivity contribution < 1.29 is 28.6 Å². The lowest BCUT2D eigenvalue weighted by Gasteiger charge is -2.38. The third-order valence-corrected chi connectivity index (χ3v) is 10.4. The van der Waals surface area contributed by atoms with Gasteiger partial charge in [0.15, 0.2) is 11.6 Å². The predicted molar refractivity (Wildman–Crippen MR) is 197 cm³/mol. The zero-order valence-electron chi connectivity index (χ0n) is 29.6. The van der Waals surface area contributed by atoms with Crippen molar-refractivity contribution in [3.8, 4) is 0 Å². The molecule has 0 spiro atoms. The standard InChI is InChI=1S/C22H26FNO2.C21H24FNO2/c1-17-4-8-19(9-5-17)22(26)12-15-24(16-13-22)14-2-3-21(25)18-6-10-20(23)11-7-18;22-19-10-8-17(9-11-19)20(24)7-4-14-23-15-12-21(25,13-16-23)18-5-2-1-3-6-18/h4-11,26H,2-3,12-16H2,1H3;1-3,5-6,8-11,25H,4,7,12-16H2. The van der Waals surface area contributed by atoms with Crippen LogP contribution in [0.4, 0.5) is 8.78 Å². The fourth-order valence-corrected chi connectivity index (χ4v) is 6.97. The molecule has 6 nitrogen and oxygen atoms in total. The Morgan fingerprint density at radius 2 is 0.941 bits per heavy atom. The second-order valence-corrected chi connectivity index (χ2v) is 14.0. The fraction of sp³-hybridized carbons (Fsp3) is 0.395. The van der Waals surface area contributed by atoms with Gasteiger partial charge in [-0.1, -0.05) is 60.2 Å². The van der Waals surface area contributed by atoms with E-state index in [1.165, 1.54) is 29.8 Å². The van der Waals surface area contributed by atoms with Crippen LogP contribution in [0.2, 0.25) is 0 Å². The number of aliphatic hydroxyl groups is 2. The van der Waals surface area contributed by atoms with Crippen molar-refractivity contribution in [1.29, 1.82) is 0 Å². The summed E-state index contributed by atoms with van der Waals surface area (Å²) in [6.07, 6.45) is 5.32. The number of rotatable bonds is 12. The first-order valence-electron chi connectivity index (χ1n) is 18.1. The van der Waals surface area contributed by atoms with Crippen molar-refractivity contribution in [2.45, 2.75) is 69.5 Å². The molecule has 0 bridgehead atoms. The summed E-state index contributed by atoms with van der Waals surface area (Å²) in [7, 11) is 0. The highest BCUT2D eigenvalue weighted by atomic mass is 19.1. The zero-order valence-corrected chi connectivity index (χ0v) is 29.6. The van der Waals surface area contributed by atoms with E-state index in [4.69, 9.17) is 0 Å². The van der Waals surface area contributed by atoms with Crippen LogP contribution in [0.3, 0.4) is 0 Å². The normalized spacial score (nSPS) is 17.3. The summed E-state index contributed by atoms with van der Waals surface area (Å²) < 4.78 is 25.8. The third kappa shape index (κ3) is 11.0. The van der Waals surface area contributed by atoms with Gasteiger partial charge in [0.2, 0.25) is 0 Å². The number of nitrogens with zero attached hydrogens (tertiary/aromatic N) is 2. The number of aryl methyl sites for hydroxylation is 1. The number of ketones is 2. The van der Waals surface area contributed by atoms with Gasteiger partial charge in [0.25, 0.3) is 0 Å². The summed E-state index contributed by atoms with van der Waals surface area (Å²) in [4.78, 5) is 28.8. The Morgan fingerprint density at radius 1 is 0.569 bits per heavy atom. The average molecular weight is 697 g/mol. The largest absolute Gasteiger partial charge is 0.385 e. The Hall–Kier alpha value is -4.08. The minimum Gasteiger partial charge on any atom is -0.385 e. The number of carbonyl (C=O) groups is 2. The summed E-state index contributed by atoms with van der Waals surface area (Å²) in [5.41, 5.74) is 2.84. The highest BCUT2D eigenvalue weighted by Crippen LogP contribution is 2.34. The number of halogens is 2. The highest BCUT2D eigenvalue weighted by molar-refractivity contribution is 5.96. The van der Waals surface area contributed by atoms with Gasteiger partial charge in [-0.15, -0.1) is 0 Å². The quantitative estimate of drug-likeness (QED) is 0.147. The maximum Gasteiger partial charge on any atom is 0.162 e. The van der Waals surface area contributed by atoms with Crippen molar-refractivity contribution in [3.05, 3.63) is 143 Å². The number of carbonyl (C=O) groups excluding carboxylic acids is 2. The molecular formula is C43H50F2N2O4. The van der Waals surface area contributed by atoms with Gasteiger partial charge in [-0.25, -0.2) is 8.78 Å². The number of hydrogen-bond acceptors (Lipinski definition) is 6. The lowest BCUT2D eigenvalue weighted by atomic mass is 9.84. The van der Waals surface area contributed by atoms with Crippen LogP contribution >= 0.6 is 0 Å². The van der Waals surface area contributed by atoms with Crippen LogP contribution in [0.25, 0.3) is 0 Å². The molecule has 4 aromatic rings. The first kappa shape index (κ1) is 38.2. The summed E-state index contributed by atoms with van der Waals surface area (Å²) in [5.74, 6) is -0.539. The molecule has 2 aliphatic rings. The van der Waals surface area contributed by atoms with E-state index in [1.54, 1.807) is 24.3 Å². The van der Waals surface area contributed by atoms with E-state index in [-0.39, 0.29) is 23.2 Å². The SMILES string of the molecule is Cc1ccc(C2(O)CCN(CCCC(=O)c3ccc(F)cc3)CC2)cc1.O=C(CCCN1CCC(O)(c2ccccc2)CC1)c1ccc(F)cc1. The number of Topliss-reactive ketones (excluding diaryl/α,β-unsaturated/α-hetero) is 2. The molecule has 4 aromatic carbocycles. The van der Waals surface area contributed by atoms with Crippen LogP contribution in [0.5, 0.6) is 0 Å². The molecule has 2 heterocycles. The minimum absolute atomic E-state index is 0.0535. The van der Waals surface area contributed by atoms with Gasteiger partial charge in [-0.05, 0) is 118 Å². The van der Waals surface area contributed by atoms with Crippen molar-refractivity contribution in [1.82, 2.24) is 9.80 Å². The van der Waals surface area contributed by atoms with Gasteiger partial charge in [-0.2, -0.15) is 0 Å². The Kier molecular flexibility index (Phi) is 13.4. The summed E-state index contributed by atoms with van der Waals surface area (Å²) >= 11 is 0. The Bertz CT molecular complexity index is 1680. The smallest absolute Gasteiger partial charge is 0.162 e. The van der Waals surface area contributed by atoms with Gasteiger partial charge in [0, 0.05) is 50.1 Å². The minimum atomic E-state index is -0.742. The maximum atomic E-state index is 12.9. The molecule has 6 rings (SSSR count). The first-order chi connectivity index (χ1) is 24.5. The van der Waals surface area contributed by atoms with Gasteiger partial charge >= 0.3 is 0 Å². The molecule has 0 aromatic heterocycles. The molecule has 2 N–H and O–H groups in total. The van der Waals surface area contributed by atoms with E-state index in [2.05, 4.69) is 9.80 Å². The molecule has 0 radical (unpaired) electrons. The van der Waals surface area contributed by atoms with E-state index in [0.29, 0.717) is 49.7 Å². The van der Waals surface area contributed by atoms with Crippen molar-refractivity contribution in [2.24, 2.45) is 0 Å². The van der Waals surface area contributed by atoms with E-state index in [1.807, 2.05) is 61.5 Å². The van der Waals surface area contributed by atoms with Crippen molar-refractivity contribution in [3.63, 3.8) is 0 Å². The molecule has 0 aliphatic carbocycles. The number of hydrogen-bond donors (Lipinski definition) is 2. The van der Waals surface area contributed by atoms with Crippen molar-refractivity contribution in [2.75, 3.05) is 39.3 Å². The number of likely N-dealkylation sites (tertiary alicyclic amines) is 2. The molecule has 270 valence electrons. The average Bonchev–Trinajstić information content (AvgIpc) is 3.15. The summed E-state index contributed by atoms with van der Waals surface area (Å²) in [5, 5.41) is 21.8. The second kappa shape index (κ2) is 17.9. The topological polar surface area (TPSA) is 81.1 Å². The molecule has 0 atom stereocenters. The van der Waals surface area contributed by atoms with Crippen LogP contribution in [-0.2, 0) is 11.2 Å². The zero-order chi connectivity index (χ0) is 36.3. The predicted octanol–water partition coefficient (Wildman–Crippen LogP) is 7.85. The van der Waals surface area contributed by atoms with Crippen LogP contribution < -0.4 is 0 Å². The molecule has 2 fully saturated rings. The molecule has 2 saturated heterocycles. The number of benzene rings is 4. The molecule has 0 amide bonds. The Labute approximate surface area is 300 Å². The highest BCUT2D eigenvalue weighted by Gasteiger charge is 2.34. The second-order valence-electron chi connectivity index (χ2n) is 14.0. The Balaban J connectivity index is 0.000000198. The van der Waals surface area contributed by atoms with Crippen LogP contribution in [-0.4, -0.2) is 70.8 Å². The van der Waals surface area contributed by atoms with E-state index < -0.39 is 11.2 Å². The summed E-state index contributed by atoms with van der Waals surface area (Å²) in [6, 6.07) is 29.4. The lowest BCUT2D eigenvalue weighted by molar-refractivity contribution is -0.0263. The first-order valence-corrected chi connectivity index (χ1v) is 18.1. The summed E-state index contributed by atoms with van der Waals surface area (Å²) in [6.45, 7) is 7.05. The molecule has 2 aliphatic heterocycles. The van der Waals surface area contributed by atoms with E-state index in [9.17, 15) is 28.6 Å². The molecular weight excluding hydrogens is 646 g/mol. The van der Waals surface area contributed by atoms with Gasteiger partial charge in [0.05, 0.1) is 11.2 Å². The molecule has 0 saturated carbocycles. The van der Waals surface area contributed by atoms with Crippen LogP contribution in [0.15, 0.2) is 103 Å².